The van der Waals surface area contributed by atoms with Crippen molar-refractivity contribution in [2.75, 3.05) is 26.7 Å². The zero-order valence-electron chi connectivity index (χ0n) is 11.6. The Morgan fingerprint density at radius 3 is 3.16 bits per heavy atom. The van der Waals surface area contributed by atoms with Crippen LogP contribution < -0.4 is 5.32 Å². The zero-order valence-corrected chi connectivity index (χ0v) is 11.6. The molecule has 6 heteroatoms. The number of carbonyl (C=O) groups is 1. The number of esters is 1. The van der Waals surface area contributed by atoms with Crippen LogP contribution in [-0.2, 0) is 22.6 Å². The van der Waals surface area contributed by atoms with E-state index >= 15 is 0 Å². The van der Waals surface area contributed by atoms with Crippen molar-refractivity contribution < 1.29 is 9.53 Å². The molecule has 1 aliphatic heterocycles. The van der Waals surface area contributed by atoms with Gasteiger partial charge in [-0.05, 0) is 13.0 Å². The number of hydrogen-bond acceptors (Lipinski definition) is 5. The molecule has 2 heterocycles. The van der Waals surface area contributed by atoms with Gasteiger partial charge in [-0.15, -0.1) is 0 Å². The maximum atomic E-state index is 11.6. The summed E-state index contributed by atoms with van der Waals surface area (Å²) in [4.78, 5) is 18.3. The number of rotatable bonds is 6. The average Bonchev–Trinajstić information content (AvgIpc) is 2.90. The number of nitrogens with one attached hydrogen (secondary N) is 1. The van der Waals surface area contributed by atoms with E-state index in [0.29, 0.717) is 0 Å². The fourth-order valence-electron chi connectivity index (χ4n) is 2.42. The van der Waals surface area contributed by atoms with E-state index < -0.39 is 0 Å². The largest absolute Gasteiger partial charge is 0.468 e. The summed E-state index contributed by atoms with van der Waals surface area (Å²) in [5.74, 6) is 0.921. The first-order valence-electron chi connectivity index (χ1n) is 6.78. The Kier molecular flexibility index (Phi) is 4.93. The molecule has 19 heavy (non-hydrogen) atoms. The van der Waals surface area contributed by atoms with Gasteiger partial charge in [0.2, 0.25) is 0 Å². The van der Waals surface area contributed by atoms with Gasteiger partial charge in [0.25, 0.3) is 0 Å². The highest BCUT2D eigenvalue weighted by atomic mass is 16.5. The van der Waals surface area contributed by atoms with E-state index in [9.17, 15) is 4.79 Å². The molecule has 0 spiro atoms. The Morgan fingerprint density at radius 1 is 1.58 bits per heavy atom. The molecular formula is C13H22N4O2. The number of hydrogen-bond donors (Lipinski definition) is 1. The summed E-state index contributed by atoms with van der Waals surface area (Å²) in [6.45, 7) is 6.47. The second-order valence-electron chi connectivity index (χ2n) is 4.74. The lowest BCUT2D eigenvalue weighted by atomic mass is 10.2. The first-order valence-corrected chi connectivity index (χ1v) is 6.78. The molecule has 0 saturated heterocycles. The van der Waals surface area contributed by atoms with Crippen molar-refractivity contribution in [3.63, 3.8) is 0 Å². The normalized spacial score (nSPS) is 16.9. The topological polar surface area (TPSA) is 59.4 Å². The summed E-state index contributed by atoms with van der Waals surface area (Å²) in [7, 11) is 1.43. The number of likely N-dealkylation sites (N-methyl/N-ethyl adjacent to an activating group) is 1. The molecule has 1 aromatic heterocycles. The molecule has 0 aliphatic carbocycles. The SMILES string of the molecule is CCNC(CCN1CCn2ccnc2C1)C(=O)OC. The van der Waals surface area contributed by atoms with Gasteiger partial charge in [-0.25, -0.2) is 4.98 Å². The van der Waals surface area contributed by atoms with Crippen LogP contribution in [0.2, 0.25) is 0 Å². The molecule has 1 N–H and O–H groups in total. The summed E-state index contributed by atoms with van der Waals surface area (Å²) in [5.41, 5.74) is 0. The van der Waals surface area contributed by atoms with Crippen LogP contribution in [0.1, 0.15) is 19.2 Å². The van der Waals surface area contributed by atoms with E-state index in [-0.39, 0.29) is 12.0 Å². The highest BCUT2D eigenvalue weighted by Gasteiger charge is 2.21. The lowest BCUT2D eigenvalue weighted by molar-refractivity contribution is -0.143. The number of aromatic nitrogens is 2. The maximum absolute atomic E-state index is 11.6. The quantitative estimate of drug-likeness (QED) is 0.747. The van der Waals surface area contributed by atoms with E-state index in [4.69, 9.17) is 4.74 Å². The standard InChI is InChI=1S/C13H22N4O2/c1-3-14-11(13(18)19-2)4-6-16-8-9-17-7-5-15-12(17)10-16/h5,7,11,14H,3-4,6,8-10H2,1-2H3. The minimum atomic E-state index is -0.211. The molecule has 2 rings (SSSR count). The Hall–Kier alpha value is -1.40. The Morgan fingerprint density at radius 2 is 2.42 bits per heavy atom. The Labute approximate surface area is 113 Å². The van der Waals surface area contributed by atoms with Crippen molar-refractivity contribution in [1.82, 2.24) is 19.8 Å². The lowest BCUT2D eigenvalue weighted by Crippen LogP contribution is -2.42. The predicted octanol–water partition coefficient (Wildman–Crippen LogP) is 0.240. The second-order valence-corrected chi connectivity index (χ2v) is 4.74. The third-order valence-electron chi connectivity index (χ3n) is 3.49. The van der Waals surface area contributed by atoms with Crippen molar-refractivity contribution in [3.05, 3.63) is 18.2 Å². The molecular weight excluding hydrogens is 244 g/mol. The van der Waals surface area contributed by atoms with Gasteiger partial charge < -0.3 is 14.6 Å². The van der Waals surface area contributed by atoms with Crippen molar-refractivity contribution in [1.29, 1.82) is 0 Å². The van der Waals surface area contributed by atoms with Gasteiger partial charge in [0.1, 0.15) is 11.9 Å². The number of fused-ring (bicyclic) bond motifs is 1. The number of nitrogens with zero attached hydrogens (tertiary/aromatic N) is 3. The monoisotopic (exact) mass is 266 g/mol. The molecule has 1 aromatic rings. The predicted molar refractivity (Wildman–Crippen MR) is 71.6 cm³/mol. The summed E-state index contributed by atoms with van der Waals surface area (Å²) in [5, 5.41) is 3.16. The van der Waals surface area contributed by atoms with E-state index in [1.165, 1.54) is 7.11 Å². The number of methoxy groups -OCH3 is 1. The molecule has 1 atom stereocenters. The van der Waals surface area contributed by atoms with Crippen LogP contribution in [0.5, 0.6) is 0 Å². The van der Waals surface area contributed by atoms with Crippen molar-refractivity contribution in [3.8, 4) is 0 Å². The Balaban J connectivity index is 1.83. The summed E-state index contributed by atoms with van der Waals surface area (Å²) in [6.07, 6.45) is 4.62. The van der Waals surface area contributed by atoms with Crippen LogP contribution in [0.25, 0.3) is 0 Å². The van der Waals surface area contributed by atoms with Gasteiger partial charge >= 0.3 is 5.97 Å². The highest BCUT2D eigenvalue weighted by molar-refractivity contribution is 5.75. The molecule has 0 aromatic carbocycles. The lowest BCUT2D eigenvalue weighted by Gasteiger charge is -2.28. The maximum Gasteiger partial charge on any atom is 0.322 e. The minimum Gasteiger partial charge on any atom is -0.468 e. The first kappa shape index (κ1) is 14.0. The van der Waals surface area contributed by atoms with Crippen molar-refractivity contribution in [2.45, 2.75) is 32.5 Å². The summed E-state index contributed by atoms with van der Waals surface area (Å²) >= 11 is 0. The molecule has 1 unspecified atom stereocenters. The van der Waals surface area contributed by atoms with Gasteiger partial charge in [-0.3, -0.25) is 9.69 Å². The first-order chi connectivity index (χ1) is 9.24. The van der Waals surface area contributed by atoms with E-state index in [1.54, 1.807) is 0 Å². The van der Waals surface area contributed by atoms with Gasteiger partial charge in [-0.2, -0.15) is 0 Å². The Bertz CT molecular complexity index is 419. The van der Waals surface area contributed by atoms with Gasteiger partial charge in [-0.1, -0.05) is 6.92 Å². The number of imidazole rings is 1. The molecule has 0 saturated carbocycles. The fraction of sp³-hybridized carbons (Fsp3) is 0.692. The minimum absolute atomic E-state index is 0.180. The third kappa shape index (κ3) is 3.54. The molecule has 106 valence electrons. The van der Waals surface area contributed by atoms with Crippen LogP contribution in [0.4, 0.5) is 0 Å². The number of ether oxygens (including phenoxy) is 1. The van der Waals surface area contributed by atoms with E-state index in [1.807, 2.05) is 19.3 Å². The van der Waals surface area contributed by atoms with Crippen molar-refractivity contribution >= 4 is 5.97 Å². The third-order valence-corrected chi connectivity index (χ3v) is 3.49. The van der Waals surface area contributed by atoms with Crippen LogP contribution in [0.3, 0.4) is 0 Å². The summed E-state index contributed by atoms with van der Waals surface area (Å²) < 4.78 is 6.99. The molecule has 0 bridgehead atoms. The molecule has 0 fully saturated rings. The van der Waals surface area contributed by atoms with Crippen LogP contribution in [-0.4, -0.2) is 53.2 Å². The van der Waals surface area contributed by atoms with Crippen molar-refractivity contribution in [2.24, 2.45) is 0 Å². The fourth-order valence-corrected chi connectivity index (χ4v) is 2.42. The molecule has 0 amide bonds. The average molecular weight is 266 g/mol. The summed E-state index contributed by atoms with van der Waals surface area (Å²) in [6, 6.07) is -0.211. The van der Waals surface area contributed by atoms with Gasteiger partial charge in [0.15, 0.2) is 0 Å². The molecule has 0 radical (unpaired) electrons. The molecule has 1 aliphatic rings. The zero-order chi connectivity index (χ0) is 13.7. The highest BCUT2D eigenvalue weighted by Crippen LogP contribution is 2.11. The van der Waals surface area contributed by atoms with Gasteiger partial charge in [0.05, 0.1) is 13.7 Å². The van der Waals surface area contributed by atoms with Crippen LogP contribution >= 0.6 is 0 Å². The van der Waals surface area contributed by atoms with Crippen LogP contribution in [0.15, 0.2) is 12.4 Å². The number of carbonyl (C=O) groups excluding carboxylic acids is 1. The molecule has 6 nitrogen and oxygen atoms in total. The van der Waals surface area contributed by atoms with E-state index in [0.717, 1.165) is 45.0 Å². The second kappa shape index (κ2) is 6.68. The van der Waals surface area contributed by atoms with Gasteiger partial charge in [0, 0.05) is 32.0 Å². The smallest absolute Gasteiger partial charge is 0.322 e. The van der Waals surface area contributed by atoms with E-state index in [2.05, 4.69) is 19.8 Å². The van der Waals surface area contributed by atoms with Crippen LogP contribution in [0, 0.1) is 0 Å².